The second-order valence-electron chi connectivity index (χ2n) is 7.57. The summed E-state index contributed by atoms with van der Waals surface area (Å²) in [5, 5.41) is 0. The molecule has 0 aliphatic heterocycles. The molecule has 2 aromatic heterocycles. The molecule has 176 valence electrons. The molecule has 4 aromatic rings. The molecule has 4 rings (SSSR count). The van der Waals surface area contributed by atoms with Crippen LogP contribution in [0, 0.1) is 0 Å². The number of carbonyl (C=O) groups excluding carboxylic acids is 1. The molecular formula is C24H24N4O5S. The monoisotopic (exact) mass is 480 g/mol. The van der Waals surface area contributed by atoms with Crippen LogP contribution in [0.3, 0.4) is 0 Å². The van der Waals surface area contributed by atoms with Gasteiger partial charge in [0.25, 0.3) is 0 Å². The third kappa shape index (κ3) is 5.66. The number of imidazole rings is 1. The van der Waals surface area contributed by atoms with Crippen molar-refractivity contribution in [1.29, 1.82) is 0 Å². The number of hydrogen-bond donors (Lipinski definition) is 2. The summed E-state index contributed by atoms with van der Waals surface area (Å²) >= 11 is 0. The topological polar surface area (TPSA) is 123 Å². The van der Waals surface area contributed by atoms with E-state index in [1.165, 1.54) is 19.2 Å². The Kier molecular flexibility index (Phi) is 7.31. The first kappa shape index (κ1) is 23.6. The summed E-state index contributed by atoms with van der Waals surface area (Å²) in [4.78, 5) is 23.9. The third-order valence-electron chi connectivity index (χ3n) is 5.20. The molecule has 0 bridgehead atoms. The first-order chi connectivity index (χ1) is 16.5. The highest BCUT2D eigenvalue weighted by Gasteiger charge is 2.27. The van der Waals surface area contributed by atoms with Gasteiger partial charge >= 0.3 is 5.97 Å². The maximum atomic E-state index is 12.9. The molecule has 0 saturated heterocycles. The molecule has 0 amide bonds. The van der Waals surface area contributed by atoms with Crippen LogP contribution in [0.4, 0.5) is 0 Å². The lowest BCUT2D eigenvalue weighted by Gasteiger charge is -2.17. The van der Waals surface area contributed by atoms with Crippen molar-refractivity contribution in [2.24, 2.45) is 0 Å². The van der Waals surface area contributed by atoms with Crippen LogP contribution in [-0.2, 0) is 37.3 Å². The van der Waals surface area contributed by atoms with Crippen LogP contribution in [0.15, 0.2) is 78.1 Å². The van der Waals surface area contributed by atoms with Crippen molar-refractivity contribution in [2.75, 3.05) is 13.7 Å². The minimum absolute atomic E-state index is 0.0270. The van der Waals surface area contributed by atoms with Gasteiger partial charge in [-0.25, -0.2) is 13.4 Å². The zero-order chi connectivity index (χ0) is 24.0. The van der Waals surface area contributed by atoms with E-state index in [9.17, 15) is 13.2 Å². The van der Waals surface area contributed by atoms with E-state index < -0.39 is 22.0 Å². The number of nitrogens with one attached hydrogen (secondary N) is 2. The Hall–Kier alpha value is -3.60. The van der Waals surface area contributed by atoms with Gasteiger partial charge in [0.2, 0.25) is 10.0 Å². The standard InChI is InChI=1S/C24H24N4O5S/c1-32-24(29)22(15-33-14-18-5-3-2-4-6-18)28-34(30,31)19-9-7-17(8-10-19)13-21-23-20(11-12-25-21)26-16-27-23/h2-12,16,22,28H,13-15H2,1H3,(H,26,27)/t22-/m0/s1. The molecule has 0 unspecified atom stereocenters. The maximum Gasteiger partial charge on any atom is 0.326 e. The van der Waals surface area contributed by atoms with E-state index in [-0.39, 0.29) is 18.1 Å². The fourth-order valence-corrected chi connectivity index (χ4v) is 4.62. The summed E-state index contributed by atoms with van der Waals surface area (Å²) in [7, 11) is -2.79. The molecule has 0 radical (unpaired) electrons. The Morgan fingerprint density at radius 2 is 1.79 bits per heavy atom. The Labute approximate surface area is 197 Å². The van der Waals surface area contributed by atoms with Gasteiger partial charge < -0.3 is 14.5 Å². The predicted octanol–water partition coefficient (Wildman–Crippen LogP) is 2.59. The number of aromatic amines is 1. The van der Waals surface area contributed by atoms with Gasteiger partial charge in [0.05, 0.1) is 42.8 Å². The Morgan fingerprint density at radius 1 is 1.03 bits per heavy atom. The quantitative estimate of drug-likeness (QED) is 0.334. The largest absolute Gasteiger partial charge is 0.468 e. The van der Waals surface area contributed by atoms with Gasteiger partial charge in [-0.15, -0.1) is 0 Å². The van der Waals surface area contributed by atoms with Crippen LogP contribution < -0.4 is 4.72 Å². The Morgan fingerprint density at radius 3 is 2.53 bits per heavy atom. The molecule has 0 saturated carbocycles. The van der Waals surface area contributed by atoms with Crippen LogP contribution in [0.5, 0.6) is 0 Å². The van der Waals surface area contributed by atoms with Gasteiger partial charge in [0.15, 0.2) is 0 Å². The van der Waals surface area contributed by atoms with Gasteiger partial charge in [-0.3, -0.25) is 9.78 Å². The highest BCUT2D eigenvalue weighted by Crippen LogP contribution is 2.18. The smallest absolute Gasteiger partial charge is 0.326 e. The van der Waals surface area contributed by atoms with Crippen LogP contribution in [-0.4, -0.2) is 49.1 Å². The van der Waals surface area contributed by atoms with Crippen LogP contribution in [0.1, 0.15) is 16.8 Å². The highest BCUT2D eigenvalue weighted by molar-refractivity contribution is 7.89. The van der Waals surface area contributed by atoms with Gasteiger partial charge in [-0.1, -0.05) is 42.5 Å². The summed E-state index contributed by atoms with van der Waals surface area (Å²) in [5.41, 5.74) is 4.23. The second kappa shape index (κ2) is 10.6. The first-order valence-electron chi connectivity index (χ1n) is 10.5. The number of ether oxygens (including phenoxy) is 2. The van der Waals surface area contributed by atoms with E-state index in [1.807, 2.05) is 36.4 Å². The van der Waals surface area contributed by atoms with Crippen molar-refractivity contribution in [3.05, 3.63) is 90.0 Å². The van der Waals surface area contributed by atoms with Crippen molar-refractivity contribution >= 4 is 27.0 Å². The molecule has 0 aliphatic carbocycles. The molecule has 0 spiro atoms. The molecule has 9 nitrogen and oxygen atoms in total. The third-order valence-corrected chi connectivity index (χ3v) is 6.69. The van der Waals surface area contributed by atoms with Crippen molar-refractivity contribution in [1.82, 2.24) is 19.7 Å². The number of H-pyrrole nitrogens is 1. The van der Waals surface area contributed by atoms with E-state index in [4.69, 9.17) is 9.47 Å². The Bertz CT molecular complexity index is 1360. The number of fused-ring (bicyclic) bond motifs is 1. The summed E-state index contributed by atoms with van der Waals surface area (Å²) in [5.74, 6) is -0.730. The van der Waals surface area contributed by atoms with Gasteiger partial charge in [0, 0.05) is 12.6 Å². The van der Waals surface area contributed by atoms with Gasteiger partial charge in [-0.05, 0) is 29.3 Å². The van der Waals surface area contributed by atoms with Crippen LogP contribution in [0.2, 0.25) is 0 Å². The fourth-order valence-electron chi connectivity index (χ4n) is 3.45. The number of rotatable bonds is 10. The minimum atomic E-state index is -3.99. The van der Waals surface area contributed by atoms with E-state index in [2.05, 4.69) is 19.7 Å². The molecule has 10 heteroatoms. The number of nitrogens with zero attached hydrogens (tertiary/aromatic N) is 2. The lowest BCUT2D eigenvalue weighted by Crippen LogP contribution is -2.44. The average Bonchev–Trinajstić information content (AvgIpc) is 3.34. The first-order valence-corrected chi connectivity index (χ1v) is 12.0. The number of hydrogen-bond acceptors (Lipinski definition) is 7. The summed E-state index contributed by atoms with van der Waals surface area (Å²) < 4.78 is 38.5. The van der Waals surface area contributed by atoms with Crippen molar-refractivity contribution in [3.63, 3.8) is 0 Å². The molecule has 2 aromatic carbocycles. The number of esters is 1. The van der Waals surface area contributed by atoms with E-state index in [0.717, 1.165) is 27.9 Å². The van der Waals surface area contributed by atoms with Crippen LogP contribution in [0.25, 0.3) is 11.0 Å². The molecule has 2 heterocycles. The lowest BCUT2D eigenvalue weighted by atomic mass is 10.1. The number of benzene rings is 2. The zero-order valence-electron chi connectivity index (χ0n) is 18.5. The maximum absolute atomic E-state index is 12.9. The number of sulfonamides is 1. The predicted molar refractivity (Wildman–Crippen MR) is 125 cm³/mol. The van der Waals surface area contributed by atoms with E-state index in [0.29, 0.717) is 6.42 Å². The van der Waals surface area contributed by atoms with Crippen molar-refractivity contribution < 1.29 is 22.7 Å². The molecule has 0 fully saturated rings. The fraction of sp³-hybridized carbons (Fsp3) is 0.208. The zero-order valence-corrected chi connectivity index (χ0v) is 19.3. The van der Waals surface area contributed by atoms with E-state index >= 15 is 0 Å². The molecule has 0 aliphatic rings. The van der Waals surface area contributed by atoms with Gasteiger partial charge in [0.1, 0.15) is 11.6 Å². The van der Waals surface area contributed by atoms with Crippen molar-refractivity contribution in [2.45, 2.75) is 24.0 Å². The van der Waals surface area contributed by atoms with Crippen molar-refractivity contribution in [3.8, 4) is 0 Å². The number of aromatic nitrogens is 3. The molecular weight excluding hydrogens is 456 g/mol. The highest BCUT2D eigenvalue weighted by atomic mass is 32.2. The number of pyridine rings is 1. The molecule has 2 N–H and O–H groups in total. The Balaban J connectivity index is 1.43. The minimum Gasteiger partial charge on any atom is -0.468 e. The van der Waals surface area contributed by atoms with Crippen LogP contribution >= 0.6 is 0 Å². The van der Waals surface area contributed by atoms with E-state index in [1.54, 1.807) is 24.7 Å². The SMILES string of the molecule is COC(=O)[C@H](COCc1ccccc1)NS(=O)(=O)c1ccc(Cc2nccc3[nH]cnc23)cc1. The lowest BCUT2D eigenvalue weighted by molar-refractivity contribution is -0.144. The second-order valence-corrected chi connectivity index (χ2v) is 9.29. The molecule has 1 atom stereocenters. The summed E-state index contributed by atoms with van der Waals surface area (Å²) in [6, 6.07) is 16.4. The van der Waals surface area contributed by atoms with Gasteiger partial charge in [-0.2, -0.15) is 4.72 Å². The summed E-state index contributed by atoms with van der Waals surface area (Å²) in [6.07, 6.45) is 3.80. The average molecular weight is 481 g/mol. The summed E-state index contributed by atoms with van der Waals surface area (Å²) in [6.45, 7) is 0.0692. The number of carbonyl (C=O) groups is 1. The molecule has 34 heavy (non-hydrogen) atoms. The number of methoxy groups -OCH3 is 1. The normalized spacial score (nSPS) is 12.5.